The highest BCUT2D eigenvalue weighted by molar-refractivity contribution is 6.32. The Morgan fingerprint density at radius 3 is 2.82 bits per heavy atom. The molecule has 1 aliphatic carbocycles. The van der Waals surface area contributed by atoms with E-state index in [9.17, 15) is 0 Å². The SMILES string of the molecule is Clc1cccnc1C1=CCC1. The Kier molecular flexibility index (Phi) is 1.66. The summed E-state index contributed by atoms with van der Waals surface area (Å²) < 4.78 is 0. The van der Waals surface area contributed by atoms with Gasteiger partial charge in [-0.05, 0) is 30.5 Å². The van der Waals surface area contributed by atoms with Gasteiger partial charge >= 0.3 is 0 Å². The summed E-state index contributed by atoms with van der Waals surface area (Å²) >= 11 is 5.93. The van der Waals surface area contributed by atoms with E-state index >= 15 is 0 Å². The van der Waals surface area contributed by atoms with Crippen LogP contribution in [0.3, 0.4) is 0 Å². The number of rotatable bonds is 1. The minimum Gasteiger partial charge on any atom is -0.255 e. The van der Waals surface area contributed by atoms with Gasteiger partial charge in [-0.2, -0.15) is 0 Å². The van der Waals surface area contributed by atoms with Crippen molar-refractivity contribution in [2.24, 2.45) is 0 Å². The fourth-order valence-electron chi connectivity index (χ4n) is 1.13. The summed E-state index contributed by atoms with van der Waals surface area (Å²) in [6.07, 6.45) is 6.24. The summed E-state index contributed by atoms with van der Waals surface area (Å²) in [7, 11) is 0. The van der Waals surface area contributed by atoms with Gasteiger partial charge in [0.1, 0.15) is 0 Å². The number of nitrogens with zero attached hydrogens (tertiary/aromatic N) is 1. The maximum absolute atomic E-state index is 5.93. The van der Waals surface area contributed by atoms with E-state index in [4.69, 9.17) is 11.6 Å². The zero-order valence-corrected chi connectivity index (χ0v) is 6.80. The molecule has 2 rings (SSSR count). The van der Waals surface area contributed by atoms with Crippen LogP contribution in [-0.4, -0.2) is 4.98 Å². The minimum absolute atomic E-state index is 0.762. The lowest BCUT2D eigenvalue weighted by molar-refractivity contribution is 0.973. The van der Waals surface area contributed by atoms with Crippen LogP contribution < -0.4 is 0 Å². The minimum atomic E-state index is 0.762. The van der Waals surface area contributed by atoms with Crippen molar-refractivity contribution in [2.75, 3.05) is 0 Å². The second-order valence-electron chi connectivity index (χ2n) is 2.60. The Bertz CT molecular complexity index is 304. The molecule has 1 aromatic heterocycles. The summed E-state index contributed by atoms with van der Waals surface area (Å²) in [5.74, 6) is 0. The van der Waals surface area contributed by atoms with Gasteiger partial charge in [-0.15, -0.1) is 0 Å². The van der Waals surface area contributed by atoms with Gasteiger partial charge in [-0.25, -0.2) is 0 Å². The normalized spacial score (nSPS) is 15.5. The zero-order valence-electron chi connectivity index (χ0n) is 6.05. The molecule has 0 amide bonds. The molecule has 1 aliphatic rings. The molecule has 0 bridgehead atoms. The number of hydrogen-bond donors (Lipinski definition) is 0. The van der Waals surface area contributed by atoms with E-state index in [2.05, 4.69) is 11.1 Å². The van der Waals surface area contributed by atoms with Crippen LogP contribution in [0, 0.1) is 0 Å². The van der Waals surface area contributed by atoms with Crippen molar-refractivity contribution in [3.05, 3.63) is 35.1 Å². The van der Waals surface area contributed by atoms with Crippen LogP contribution in [-0.2, 0) is 0 Å². The molecule has 0 spiro atoms. The summed E-state index contributed by atoms with van der Waals surface area (Å²) in [5, 5.41) is 0.762. The molecule has 56 valence electrons. The lowest BCUT2D eigenvalue weighted by Crippen LogP contribution is -1.96. The Morgan fingerprint density at radius 1 is 1.45 bits per heavy atom. The molecule has 0 unspecified atom stereocenters. The Labute approximate surface area is 70.7 Å². The highest BCUT2D eigenvalue weighted by Gasteiger charge is 2.11. The average Bonchev–Trinajstić information content (AvgIpc) is 1.90. The molecule has 1 nitrogen and oxygen atoms in total. The fourth-order valence-corrected chi connectivity index (χ4v) is 1.37. The van der Waals surface area contributed by atoms with E-state index in [1.54, 1.807) is 6.20 Å². The van der Waals surface area contributed by atoms with Crippen LogP contribution in [0.4, 0.5) is 0 Å². The third-order valence-corrected chi connectivity index (χ3v) is 2.17. The molecule has 0 fully saturated rings. The molecule has 0 atom stereocenters. The van der Waals surface area contributed by atoms with Crippen LogP contribution in [0.2, 0.25) is 5.02 Å². The maximum atomic E-state index is 5.93. The summed E-state index contributed by atoms with van der Waals surface area (Å²) in [4.78, 5) is 4.20. The van der Waals surface area contributed by atoms with Gasteiger partial charge in [0.2, 0.25) is 0 Å². The van der Waals surface area contributed by atoms with Gasteiger partial charge in [-0.1, -0.05) is 17.7 Å². The molecule has 0 saturated carbocycles. The molecule has 2 heteroatoms. The van der Waals surface area contributed by atoms with Gasteiger partial charge in [0.25, 0.3) is 0 Å². The molecule has 0 aliphatic heterocycles. The monoisotopic (exact) mass is 165 g/mol. The van der Waals surface area contributed by atoms with Gasteiger partial charge < -0.3 is 0 Å². The predicted molar refractivity (Wildman–Crippen MR) is 46.5 cm³/mol. The van der Waals surface area contributed by atoms with Crippen molar-refractivity contribution >= 4 is 17.2 Å². The first-order valence-electron chi connectivity index (χ1n) is 3.68. The van der Waals surface area contributed by atoms with E-state index in [1.165, 1.54) is 12.0 Å². The largest absolute Gasteiger partial charge is 0.255 e. The first-order valence-corrected chi connectivity index (χ1v) is 4.05. The molecule has 0 aromatic carbocycles. The lowest BCUT2D eigenvalue weighted by atomic mass is 9.96. The Morgan fingerprint density at radius 2 is 2.27 bits per heavy atom. The summed E-state index contributed by atoms with van der Waals surface area (Å²) in [5.41, 5.74) is 2.25. The zero-order chi connectivity index (χ0) is 7.68. The molecule has 1 heterocycles. The van der Waals surface area contributed by atoms with Crippen molar-refractivity contribution in [2.45, 2.75) is 12.8 Å². The number of pyridine rings is 1. The molecule has 0 N–H and O–H groups in total. The molecule has 0 radical (unpaired) electrons. The van der Waals surface area contributed by atoms with E-state index < -0.39 is 0 Å². The number of halogens is 1. The van der Waals surface area contributed by atoms with Gasteiger partial charge in [0.15, 0.2) is 0 Å². The van der Waals surface area contributed by atoms with Crippen molar-refractivity contribution in [1.82, 2.24) is 4.98 Å². The lowest BCUT2D eigenvalue weighted by Gasteiger charge is -2.13. The molecule has 11 heavy (non-hydrogen) atoms. The van der Waals surface area contributed by atoms with Crippen LogP contribution in [0.15, 0.2) is 24.4 Å². The third kappa shape index (κ3) is 1.16. The second kappa shape index (κ2) is 2.67. The molecule has 1 aromatic rings. The average molecular weight is 166 g/mol. The first-order chi connectivity index (χ1) is 5.38. The van der Waals surface area contributed by atoms with Crippen LogP contribution in [0.1, 0.15) is 18.5 Å². The van der Waals surface area contributed by atoms with E-state index in [0.717, 1.165) is 17.1 Å². The van der Waals surface area contributed by atoms with Gasteiger partial charge in [0.05, 0.1) is 10.7 Å². The topological polar surface area (TPSA) is 12.9 Å². The van der Waals surface area contributed by atoms with E-state index in [1.807, 2.05) is 12.1 Å². The molecular formula is C9H8ClN. The van der Waals surface area contributed by atoms with Crippen LogP contribution in [0.5, 0.6) is 0 Å². The van der Waals surface area contributed by atoms with E-state index in [0.29, 0.717) is 0 Å². The smallest absolute Gasteiger partial charge is 0.0844 e. The van der Waals surface area contributed by atoms with Gasteiger partial charge in [0, 0.05) is 6.20 Å². The van der Waals surface area contributed by atoms with E-state index in [-0.39, 0.29) is 0 Å². The maximum Gasteiger partial charge on any atom is 0.0844 e. The van der Waals surface area contributed by atoms with Crippen molar-refractivity contribution in [3.63, 3.8) is 0 Å². The quantitative estimate of drug-likeness (QED) is 0.624. The van der Waals surface area contributed by atoms with Crippen LogP contribution in [0.25, 0.3) is 5.57 Å². The van der Waals surface area contributed by atoms with Crippen LogP contribution >= 0.6 is 11.6 Å². The fraction of sp³-hybridized carbons (Fsp3) is 0.222. The number of aromatic nitrogens is 1. The highest BCUT2D eigenvalue weighted by Crippen LogP contribution is 2.31. The predicted octanol–water partition coefficient (Wildman–Crippen LogP) is 2.91. The number of allylic oxidation sites excluding steroid dienone is 2. The molecular weight excluding hydrogens is 158 g/mol. The summed E-state index contributed by atoms with van der Waals surface area (Å²) in [6, 6.07) is 3.73. The Balaban J connectivity index is 2.44. The third-order valence-electron chi connectivity index (χ3n) is 1.87. The van der Waals surface area contributed by atoms with Crippen molar-refractivity contribution in [1.29, 1.82) is 0 Å². The number of hydrogen-bond acceptors (Lipinski definition) is 1. The van der Waals surface area contributed by atoms with Crippen molar-refractivity contribution in [3.8, 4) is 0 Å². The van der Waals surface area contributed by atoms with Crippen molar-refractivity contribution < 1.29 is 0 Å². The Hall–Kier alpha value is -0.820. The second-order valence-corrected chi connectivity index (χ2v) is 3.01. The first kappa shape index (κ1) is 6.86. The molecule has 0 saturated heterocycles. The highest BCUT2D eigenvalue weighted by atomic mass is 35.5. The summed E-state index contributed by atoms with van der Waals surface area (Å²) in [6.45, 7) is 0. The van der Waals surface area contributed by atoms with Gasteiger partial charge in [-0.3, -0.25) is 4.98 Å². The standard InChI is InChI=1S/C9H8ClN/c10-8-5-2-6-11-9(8)7-3-1-4-7/h2-3,5-6H,1,4H2.